The number of nitrogens with zero attached hydrogens (tertiary/aromatic N) is 2. The Hall–Kier alpha value is -3.28. The SMILES string of the molecule is Cc1ccc(OCc2cccc(C(=O)Nc3cc(C)n(Cc4ccc(Cl)cc4Cl)n3)c2)c(C)c1. The van der Waals surface area contributed by atoms with E-state index in [-0.39, 0.29) is 5.91 Å². The lowest BCUT2D eigenvalue weighted by atomic mass is 10.1. The van der Waals surface area contributed by atoms with Gasteiger partial charge >= 0.3 is 0 Å². The summed E-state index contributed by atoms with van der Waals surface area (Å²) in [7, 11) is 0. The summed E-state index contributed by atoms with van der Waals surface area (Å²) in [4.78, 5) is 12.9. The van der Waals surface area contributed by atoms with Gasteiger partial charge < -0.3 is 10.1 Å². The van der Waals surface area contributed by atoms with Crippen LogP contribution in [-0.2, 0) is 13.2 Å². The van der Waals surface area contributed by atoms with Gasteiger partial charge in [0.05, 0.1) is 6.54 Å². The van der Waals surface area contributed by atoms with Crippen molar-refractivity contribution in [2.45, 2.75) is 33.9 Å². The fourth-order valence-electron chi connectivity index (χ4n) is 3.66. The van der Waals surface area contributed by atoms with Crippen LogP contribution < -0.4 is 10.1 Å². The van der Waals surface area contributed by atoms with Crippen LogP contribution in [0, 0.1) is 20.8 Å². The number of hydrogen-bond acceptors (Lipinski definition) is 3. The molecule has 0 aliphatic rings. The van der Waals surface area contributed by atoms with Crippen LogP contribution in [0.15, 0.2) is 66.7 Å². The second-order valence-corrected chi connectivity index (χ2v) is 9.12. The number of nitrogens with one attached hydrogen (secondary N) is 1. The monoisotopic (exact) mass is 493 g/mol. The summed E-state index contributed by atoms with van der Waals surface area (Å²) in [6, 6.07) is 20.7. The zero-order chi connectivity index (χ0) is 24.2. The molecule has 1 heterocycles. The third-order valence-corrected chi connectivity index (χ3v) is 6.06. The number of benzene rings is 3. The van der Waals surface area contributed by atoms with Gasteiger partial charge in [0.2, 0.25) is 0 Å². The van der Waals surface area contributed by atoms with Crippen LogP contribution in [0.1, 0.15) is 38.3 Å². The Morgan fingerprint density at radius 2 is 1.82 bits per heavy atom. The predicted octanol–water partition coefficient (Wildman–Crippen LogP) is 6.99. The Bertz CT molecular complexity index is 1350. The quantitative estimate of drug-likeness (QED) is 0.301. The Balaban J connectivity index is 1.42. The van der Waals surface area contributed by atoms with Gasteiger partial charge in [-0.05, 0) is 67.8 Å². The van der Waals surface area contributed by atoms with Gasteiger partial charge in [-0.15, -0.1) is 0 Å². The van der Waals surface area contributed by atoms with Crippen LogP contribution in [0.3, 0.4) is 0 Å². The van der Waals surface area contributed by atoms with Crippen molar-refractivity contribution in [2.24, 2.45) is 0 Å². The topological polar surface area (TPSA) is 56.1 Å². The van der Waals surface area contributed by atoms with Gasteiger partial charge in [-0.3, -0.25) is 9.48 Å². The fraction of sp³-hybridized carbons (Fsp3) is 0.185. The Morgan fingerprint density at radius 3 is 2.59 bits per heavy atom. The van der Waals surface area contributed by atoms with Crippen molar-refractivity contribution in [1.29, 1.82) is 0 Å². The molecule has 0 aliphatic carbocycles. The molecule has 0 atom stereocenters. The molecule has 4 aromatic rings. The number of hydrogen-bond donors (Lipinski definition) is 1. The molecule has 0 saturated heterocycles. The zero-order valence-corrected chi connectivity index (χ0v) is 20.7. The molecule has 0 aliphatic heterocycles. The number of carbonyl (C=O) groups is 1. The fourth-order valence-corrected chi connectivity index (χ4v) is 4.12. The van der Waals surface area contributed by atoms with Gasteiger partial charge in [0.15, 0.2) is 5.82 Å². The first kappa shape index (κ1) is 23.9. The van der Waals surface area contributed by atoms with Crippen molar-refractivity contribution < 1.29 is 9.53 Å². The Kier molecular flexibility index (Phi) is 7.25. The summed E-state index contributed by atoms with van der Waals surface area (Å²) in [5.41, 5.74) is 5.52. The first-order chi connectivity index (χ1) is 16.3. The number of halogens is 2. The van der Waals surface area contributed by atoms with Gasteiger partial charge in [0, 0.05) is 27.4 Å². The maximum Gasteiger partial charge on any atom is 0.256 e. The first-order valence-corrected chi connectivity index (χ1v) is 11.6. The van der Waals surface area contributed by atoms with Gasteiger partial charge in [-0.2, -0.15) is 5.10 Å². The van der Waals surface area contributed by atoms with Crippen LogP contribution >= 0.6 is 23.2 Å². The van der Waals surface area contributed by atoms with E-state index in [9.17, 15) is 4.79 Å². The molecule has 1 amide bonds. The molecule has 0 unspecified atom stereocenters. The molecule has 0 spiro atoms. The minimum atomic E-state index is -0.234. The number of rotatable bonds is 7. The van der Waals surface area contributed by atoms with Crippen LogP contribution in [-0.4, -0.2) is 15.7 Å². The number of carbonyl (C=O) groups excluding carboxylic acids is 1. The highest BCUT2D eigenvalue weighted by molar-refractivity contribution is 6.35. The average molecular weight is 494 g/mol. The summed E-state index contributed by atoms with van der Waals surface area (Å²) in [6.07, 6.45) is 0. The summed E-state index contributed by atoms with van der Waals surface area (Å²) < 4.78 is 7.75. The number of ether oxygens (including phenoxy) is 1. The molecular weight excluding hydrogens is 469 g/mol. The van der Waals surface area contributed by atoms with Crippen molar-refractivity contribution >= 4 is 34.9 Å². The Labute approximate surface area is 209 Å². The molecule has 4 rings (SSSR count). The highest BCUT2D eigenvalue weighted by Gasteiger charge is 2.12. The minimum Gasteiger partial charge on any atom is -0.489 e. The van der Waals surface area contributed by atoms with E-state index in [0.717, 1.165) is 28.1 Å². The number of aromatic nitrogens is 2. The van der Waals surface area contributed by atoms with E-state index in [1.807, 2.05) is 56.3 Å². The van der Waals surface area contributed by atoms with Crippen molar-refractivity contribution in [1.82, 2.24) is 9.78 Å². The van der Waals surface area contributed by atoms with Crippen molar-refractivity contribution in [3.05, 3.63) is 110 Å². The lowest BCUT2D eigenvalue weighted by Gasteiger charge is -2.11. The second kappa shape index (κ2) is 10.3. The van der Waals surface area contributed by atoms with E-state index in [4.69, 9.17) is 27.9 Å². The third-order valence-electron chi connectivity index (χ3n) is 5.47. The van der Waals surface area contributed by atoms with E-state index < -0.39 is 0 Å². The van der Waals surface area contributed by atoms with E-state index in [0.29, 0.717) is 34.6 Å². The second-order valence-electron chi connectivity index (χ2n) is 8.28. The van der Waals surface area contributed by atoms with E-state index in [2.05, 4.69) is 23.4 Å². The van der Waals surface area contributed by atoms with Crippen molar-refractivity contribution in [3.8, 4) is 5.75 Å². The third kappa shape index (κ3) is 5.79. The van der Waals surface area contributed by atoms with Crippen LogP contribution in [0.2, 0.25) is 10.0 Å². The highest BCUT2D eigenvalue weighted by atomic mass is 35.5. The smallest absolute Gasteiger partial charge is 0.256 e. The first-order valence-electron chi connectivity index (χ1n) is 10.9. The van der Waals surface area contributed by atoms with E-state index in [1.54, 1.807) is 22.9 Å². The average Bonchev–Trinajstić information content (AvgIpc) is 3.13. The van der Waals surface area contributed by atoms with Crippen LogP contribution in [0.4, 0.5) is 5.82 Å². The van der Waals surface area contributed by atoms with Crippen molar-refractivity contribution in [3.63, 3.8) is 0 Å². The molecule has 3 aromatic carbocycles. The maximum absolute atomic E-state index is 12.9. The van der Waals surface area contributed by atoms with Crippen molar-refractivity contribution in [2.75, 3.05) is 5.32 Å². The highest BCUT2D eigenvalue weighted by Crippen LogP contribution is 2.23. The van der Waals surface area contributed by atoms with Gasteiger partial charge in [-0.1, -0.05) is 59.1 Å². The number of amides is 1. The van der Waals surface area contributed by atoms with Gasteiger partial charge in [-0.25, -0.2) is 0 Å². The van der Waals surface area contributed by atoms with Crippen LogP contribution in [0.5, 0.6) is 5.75 Å². The van der Waals surface area contributed by atoms with Gasteiger partial charge in [0.1, 0.15) is 12.4 Å². The molecule has 1 N–H and O–H groups in total. The summed E-state index contributed by atoms with van der Waals surface area (Å²) >= 11 is 12.3. The lowest BCUT2D eigenvalue weighted by molar-refractivity contribution is 0.102. The predicted molar refractivity (Wildman–Crippen MR) is 137 cm³/mol. The largest absolute Gasteiger partial charge is 0.489 e. The molecule has 5 nitrogen and oxygen atoms in total. The Morgan fingerprint density at radius 1 is 1.00 bits per heavy atom. The molecule has 174 valence electrons. The number of aryl methyl sites for hydroxylation is 3. The van der Waals surface area contributed by atoms with Gasteiger partial charge in [0.25, 0.3) is 5.91 Å². The molecule has 34 heavy (non-hydrogen) atoms. The van der Waals surface area contributed by atoms with E-state index in [1.165, 1.54) is 5.56 Å². The molecular formula is C27H25Cl2N3O2. The summed E-state index contributed by atoms with van der Waals surface area (Å²) in [5, 5.41) is 8.56. The molecule has 0 bridgehead atoms. The normalized spacial score (nSPS) is 10.9. The summed E-state index contributed by atoms with van der Waals surface area (Å²) in [6.45, 7) is 6.85. The maximum atomic E-state index is 12.9. The molecule has 0 fully saturated rings. The van der Waals surface area contributed by atoms with Crippen LogP contribution in [0.25, 0.3) is 0 Å². The minimum absolute atomic E-state index is 0.234. The molecule has 0 saturated carbocycles. The van der Waals surface area contributed by atoms with E-state index >= 15 is 0 Å². The molecule has 0 radical (unpaired) electrons. The summed E-state index contributed by atoms with van der Waals surface area (Å²) in [5.74, 6) is 1.08. The molecule has 7 heteroatoms. The zero-order valence-electron chi connectivity index (χ0n) is 19.2. The molecule has 1 aromatic heterocycles. The number of anilines is 1. The lowest BCUT2D eigenvalue weighted by Crippen LogP contribution is -2.13. The standard InChI is InChI=1S/C27H25Cl2N3O2/c1-17-7-10-25(18(2)11-17)34-16-20-5-4-6-21(13-20)27(33)30-26-12-19(3)32(31-26)15-22-8-9-23(28)14-24(22)29/h4-14H,15-16H2,1-3H3,(H,30,31,33).